The van der Waals surface area contributed by atoms with Gasteiger partial charge in [0.15, 0.2) is 0 Å². The monoisotopic (exact) mass is 463 g/mol. The van der Waals surface area contributed by atoms with E-state index in [0.717, 1.165) is 55.5 Å². The van der Waals surface area contributed by atoms with Crippen LogP contribution in [0, 0.1) is 25.5 Å². The van der Waals surface area contributed by atoms with E-state index >= 15 is 0 Å². The highest BCUT2D eigenvalue weighted by atomic mass is 19.1. The number of hydrogen-bond donors (Lipinski definition) is 2. The van der Waals surface area contributed by atoms with Crippen LogP contribution in [0.1, 0.15) is 40.2 Å². The Balaban J connectivity index is 1.51. The summed E-state index contributed by atoms with van der Waals surface area (Å²) in [4.78, 5) is 24.2. The maximum absolute atomic E-state index is 14.1. The molecular weight excluding hydrogens is 436 g/mol. The van der Waals surface area contributed by atoms with E-state index in [2.05, 4.69) is 25.5 Å². The SMILES string of the molecule is Cc1cc(CNC(=O)c2cncc(-c3cc(F)cc(F)c3)c2N2CCC3(CCN3)C2)cc(C)n1. The predicted molar refractivity (Wildman–Crippen MR) is 127 cm³/mol. The summed E-state index contributed by atoms with van der Waals surface area (Å²) in [6.07, 6.45) is 5.13. The summed E-state index contributed by atoms with van der Waals surface area (Å²) < 4.78 is 28.1. The van der Waals surface area contributed by atoms with Gasteiger partial charge in [-0.3, -0.25) is 14.8 Å². The van der Waals surface area contributed by atoms with Crippen LogP contribution in [0.3, 0.4) is 0 Å². The quantitative estimate of drug-likeness (QED) is 0.601. The molecule has 34 heavy (non-hydrogen) atoms. The first-order valence-corrected chi connectivity index (χ1v) is 11.5. The summed E-state index contributed by atoms with van der Waals surface area (Å²) in [5, 5.41) is 6.51. The molecule has 4 heterocycles. The lowest BCUT2D eigenvalue weighted by molar-refractivity contribution is 0.0951. The Hall–Kier alpha value is -3.39. The summed E-state index contributed by atoms with van der Waals surface area (Å²) in [7, 11) is 0. The molecule has 2 aliphatic heterocycles. The predicted octanol–water partition coefficient (Wildman–Crippen LogP) is 3.91. The average Bonchev–Trinajstić information content (AvgIpc) is 3.22. The van der Waals surface area contributed by atoms with E-state index in [1.165, 1.54) is 18.3 Å². The van der Waals surface area contributed by atoms with Gasteiger partial charge in [-0.2, -0.15) is 0 Å². The van der Waals surface area contributed by atoms with Crippen LogP contribution in [0.25, 0.3) is 11.1 Å². The molecule has 1 amide bonds. The average molecular weight is 464 g/mol. The minimum atomic E-state index is -0.669. The van der Waals surface area contributed by atoms with E-state index in [1.54, 1.807) is 6.20 Å². The fraction of sp³-hybridized carbons (Fsp3) is 0.346. The Bertz CT molecular complexity index is 1220. The summed E-state index contributed by atoms with van der Waals surface area (Å²) >= 11 is 0. The second-order valence-electron chi connectivity index (χ2n) is 9.31. The zero-order valence-corrected chi connectivity index (χ0v) is 19.3. The van der Waals surface area contributed by atoms with Crippen molar-refractivity contribution in [3.05, 3.63) is 76.9 Å². The highest BCUT2D eigenvalue weighted by Gasteiger charge is 2.43. The van der Waals surface area contributed by atoms with E-state index in [9.17, 15) is 13.6 Å². The summed E-state index contributed by atoms with van der Waals surface area (Å²) in [6, 6.07) is 7.27. The van der Waals surface area contributed by atoms with Crippen molar-refractivity contribution in [1.82, 2.24) is 20.6 Å². The van der Waals surface area contributed by atoms with Crippen LogP contribution in [0.2, 0.25) is 0 Å². The van der Waals surface area contributed by atoms with E-state index in [-0.39, 0.29) is 11.4 Å². The Kier molecular flexibility index (Phi) is 5.77. The fourth-order valence-electron chi connectivity index (χ4n) is 5.07. The first-order chi connectivity index (χ1) is 16.3. The lowest BCUT2D eigenvalue weighted by Gasteiger charge is -2.40. The number of rotatable bonds is 5. The molecule has 0 aliphatic carbocycles. The first kappa shape index (κ1) is 22.4. The van der Waals surface area contributed by atoms with Crippen molar-refractivity contribution >= 4 is 11.6 Å². The van der Waals surface area contributed by atoms with Crippen molar-refractivity contribution in [2.24, 2.45) is 0 Å². The number of carbonyl (C=O) groups excluding carboxylic acids is 1. The number of amides is 1. The standard InChI is InChI=1S/C26H27F2N5O/c1-16-7-18(8-17(2)32-16)12-30-25(34)23-14-29-13-22(19-9-20(27)11-21(28)10-19)24(23)33-6-4-26(15-33)3-5-31-26/h7-11,13-14,31H,3-6,12,15H2,1-2H3,(H,30,34). The molecule has 8 heteroatoms. The molecule has 1 spiro atoms. The normalized spacial score (nSPS) is 19.4. The van der Waals surface area contributed by atoms with Gasteiger partial charge < -0.3 is 15.5 Å². The van der Waals surface area contributed by atoms with Gasteiger partial charge in [-0.1, -0.05) is 0 Å². The van der Waals surface area contributed by atoms with Gasteiger partial charge in [-0.15, -0.1) is 0 Å². The molecule has 6 nitrogen and oxygen atoms in total. The second kappa shape index (κ2) is 8.76. The molecule has 0 radical (unpaired) electrons. The van der Waals surface area contributed by atoms with Crippen molar-refractivity contribution in [3.63, 3.8) is 0 Å². The number of aromatic nitrogens is 2. The maximum Gasteiger partial charge on any atom is 0.255 e. The number of pyridine rings is 2. The lowest BCUT2D eigenvalue weighted by atomic mass is 9.87. The van der Waals surface area contributed by atoms with E-state index in [1.807, 2.05) is 26.0 Å². The van der Waals surface area contributed by atoms with Gasteiger partial charge >= 0.3 is 0 Å². The molecule has 2 fully saturated rings. The zero-order chi connectivity index (χ0) is 23.9. The van der Waals surface area contributed by atoms with Crippen LogP contribution in [0.15, 0.2) is 42.7 Å². The third-order valence-electron chi connectivity index (χ3n) is 6.70. The number of nitrogens with zero attached hydrogens (tertiary/aromatic N) is 3. The van der Waals surface area contributed by atoms with Crippen LogP contribution >= 0.6 is 0 Å². The van der Waals surface area contributed by atoms with Gasteiger partial charge in [0.05, 0.1) is 11.3 Å². The van der Waals surface area contributed by atoms with Crippen LogP contribution in [-0.4, -0.2) is 41.0 Å². The molecule has 2 saturated heterocycles. The van der Waals surface area contributed by atoms with Gasteiger partial charge in [0.2, 0.25) is 0 Å². The van der Waals surface area contributed by atoms with Crippen molar-refractivity contribution in [2.75, 3.05) is 24.5 Å². The third kappa shape index (κ3) is 4.37. The van der Waals surface area contributed by atoms with Crippen LogP contribution in [0.4, 0.5) is 14.5 Å². The molecule has 1 aromatic carbocycles. The fourth-order valence-corrected chi connectivity index (χ4v) is 5.07. The molecule has 3 aromatic rings. The smallest absolute Gasteiger partial charge is 0.255 e. The molecule has 1 atom stereocenters. The minimum absolute atomic E-state index is 0.0353. The molecule has 1 unspecified atom stereocenters. The second-order valence-corrected chi connectivity index (χ2v) is 9.31. The molecule has 176 valence electrons. The van der Waals surface area contributed by atoms with Gasteiger partial charge in [-0.25, -0.2) is 8.78 Å². The van der Waals surface area contributed by atoms with Crippen molar-refractivity contribution in [3.8, 4) is 11.1 Å². The van der Waals surface area contributed by atoms with Crippen molar-refractivity contribution in [1.29, 1.82) is 0 Å². The highest BCUT2D eigenvalue weighted by molar-refractivity contribution is 6.03. The van der Waals surface area contributed by atoms with Crippen LogP contribution in [0.5, 0.6) is 0 Å². The lowest BCUT2D eigenvalue weighted by Crippen LogP contribution is -2.58. The number of anilines is 1. The molecular formula is C26H27F2N5O. The largest absolute Gasteiger partial charge is 0.368 e. The molecule has 2 N–H and O–H groups in total. The number of benzene rings is 1. The maximum atomic E-state index is 14.1. The summed E-state index contributed by atoms with van der Waals surface area (Å²) in [6.45, 7) is 6.62. The summed E-state index contributed by atoms with van der Waals surface area (Å²) in [5.74, 6) is -1.62. The number of halogens is 2. The number of carbonyl (C=O) groups is 1. The van der Waals surface area contributed by atoms with Crippen LogP contribution < -0.4 is 15.5 Å². The minimum Gasteiger partial charge on any atom is -0.368 e. The van der Waals surface area contributed by atoms with Gasteiger partial charge in [-0.05, 0) is 68.6 Å². The van der Waals surface area contributed by atoms with E-state index in [4.69, 9.17) is 0 Å². The van der Waals surface area contributed by atoms with Gasteiger partial charge in [0, 0.05) is 60.6 Å². The first-order valence-electron chi connectivity index (χ1n) is 11.5. The van der Waals surface area contributed by atoms with Gasteiger partial charge in [0.25, 0.3) is 5.91 Å². The molecule has 5 rings (SSSR count). The van der Waals surface area contributed by atoms with Crippen LogP contribution in [-0.2, 0) is 6.54 Å². The van der Waals surface area contributed by atoms with Crippen molar-refractivity contribution < 1.29 is 13.6 Å². The Morgan fingerprint density at radius 2 is 1.79 bits per heavy atom. The highest BCUT2D eigenvalue weighted by Crippen LogP contribution is 2.40. The van der Waals surface area contributed by atoms with Gasteiger partial charge in [0.1, 0.15) is 11.6 Å². The Labute approximate surface area is 197 Å². The summed E-state index contributed by atoms with van der Waals surface area (Å²) in [5.41, 5.74) is 4.71. The Morgan fingerprint density at radius 3 is 2.41 bits per heavy atom. The third-order valence-corrected chi connectivity index (χ3v) is 6.70. The number of aryl methyl sites for hydroxylation is 2. The van der Waals surface area contributed by atoms with E-state index in [0.29, 0.717) is 28.9 Å². The topological polar surface area (TPSA) is 70.2 Å². The molecule has 0 bridgehead atoms. The molecule has 2 aromatic heterocycles. The van der Waals surface area contributed by atoms with Crippen molar-refractivity contribution in [2.45, 2.75) is 38.8 Å². The van der Waals surface area contributed by atoms with E-state index < -0.39 is 11.6 Å². The molecule has 2 aliphatic rings. The number of nitrogens with one attached hydrogen (secondary N) is 2. The zero-order valence-electron chi connectivity index (χ0n) is 19.3. The number of hydrogen-bond acceptors (Lipinski definition) is 5. The molecule has 0 saturated carbocycles. The Morgan fingerprint density at radius 1 is 1.09 bits per heavy atom.